The van der Waals surface area contributed by atoms with Crippen molar-refractivity contribution in [2.45, 2.75) is 25.3 Å². The lowest BCUT2D eigenvalue weighted by molar-refractivity contribution is -0.122. The van der Waals surface area contributed by atoms with Crippen LogP contribution in [-0.2, 0) is 16.0 Å². The third kappa shape index (κ3) is 5.95. The van der Waals surface area contributed by atoms with Gasteiger partial charge >= 0.3 is 0 Å². The third-order valence-electron chi connectivity index (χ3n) is 2.50. The molecule has 1 rings (SSSR count). The van der Waals surface area contributed by atoms with Gasteiger partial charge in [0.05, 0.1) is 9.83 Å². The molecule has 1 aromatic rings. The van der Waals surface area contributed by atoms with Crippen molar-refractivity contribution in [2.75, 3.05) is 20.3 Å². The van der Waals surface area contributed by atoms with Crippen LogP contribution < -0.4 is 11.1 Å². The van der Waals surface area contributed by atoms with Crippen molar-refractivity contribution >= 4 is 33.2 Å². The van der Waals surface area contributed by atoms with Crippen LogP contribution >= 0.6 is 27.3 Å². The van der Waals surface area contributed by atoms with Gasteiger partial charge in [-0.25, -0.2) is 0 Å². The Hall–Kier alpha value is -0.430. The molecule has 3 N–H and O–H groups in total. The van der Waals surface area contributed by atoms with Gasteiger partial charge in [-0.3, -0.25) is 4.79 Å². The molecule has 0 aliphatic carbocycles. The van der Waals surface area contributed by atoms with Crippen molar-refractivity contribution in [3.63, 3.8) is 0 Å². The van der Waals surface area contributed by atoms with E-state index in [0.29, 0.717) is 19.6 Å². The van der Waals surface area contributed by atoms with E-state index < -0.39 is 6.04 Å². The van der Waals surface area contributed by atoms with Crippen LogP contribution in [0.1, 0.15) is 17.7 Å². The molecule has 1 aromatic heterocycles. The van der Waals surface area contributed by atoms with E-state index in [1.807, 2.05) is 6.07 Å². The van der Waals surface area contributed by atoms with Crippen molar-refractivity contribution in [3.05, 3.63) is 20.8 Å². The summed E-state index contributed by atoms with van der Waals surface area (Å²) in [5.41, 5.74) is 5.77. The van der Waals surface area contributed by atoms with Crippen LogP contribution in [0.2, 0.25) is 0 Å². The second kappa shape index (κ2) is 8.63. The lowest BCUT2D eigenvalue weighted by Crippen LogP contribution is -2.41. The molecule has 6 heteroatoms. The molecule has 0 bridgehead atoms. The standard InChI is InChI=1S/C12H19BrN2O2S/c1-17-8-2-3-10(14)12(16)15-7-6-9-4-5-11(13)18-9/h4-5,10H,2-3,6-8,14H2,1H3,(H,15,16). The number of rotatable bonds is 8. The van der Waals surface area contributed by atoms with Gasteiger partial charge in [0.25, 0.3) is 0 Å². The number of nitrogens with one attached hydrogen (secondary N) is 1. The summed E-state index contributed by atoms with van der Waals surface area (Å²) in [5.74, 6) is -0.0817. The number of amides is 1. The van der Waals surface area contributed by atoms with E-state index in [0.717, 1.165) is 16.6 Å². The molecule has 0 aliphatic heterocycles. The number of hydrogen-bond acceptors (Lipinski definition) is 4. The van der Waals surface area contributed by atoms with Gasteiger partial charge in [-0.1, -0.05) is 0 Å². The van der Waals surface area contributed by atoms with Crippen molar-refractivity contribution in [3.8, 4) is 0 Å². The number of halogens is 1. The maximum Gasteiger partial charge on any atom is 0.236 e. The van der Waals surface area contributed by atoms with Crippen LogP contribution in [0.3, 0.4) is 0 Å². The summed E-state index contributed by atoms with van der Waals surface area (Å²) < 4.78 is 6.03. The average molecular weight is 335 g/mol. The maximum absolute atomic E-state index is 11.6. The van der Waals surface area contributed by atoms with Crippen LogP contribution in [0.4, 0.5) is 0 Å². The predicted octanol–water partition coefficient (Wildman–Crippen LogP) is 1.92. The largest absolute Gasteiger partial charge is 0.385 e. The fourth-order valence-electron chi connectivity index (χ4n) is 1.50. The first-order valence-electron chi connectivity index (χ1n) is 5.90. The predicted molar refractivity (Wildman–Crippen MR) is 77.8 cm³/mol. The first kappa shape index (κ1) is 15.6. The van der Waals surface area contributed by atoms with E-state index in [1.165, 1.54) is 4.88 Å². The molecule has 1 amide bonds. The lowest BCUT2D eigenvalue weighted by Gasteiger charge is -2.11. The average Bonchev–Trinajstić information content (AvgIpc) is 2.75. The smallest absolute Gasteiger partial charge is 0.236 e. The molecule has 1 heterocycles. The molecule has 1 atom stereocenters. The van der Waals surface area contributed by atoms with E-state index in [4.69, 9.17) is 10.5 Å². The number of hydrogen-bond donors (Lipinski definition) is 2. The van der Waals surface area contributed by atoms with Gasteiger partial charge < -0.3 is 15.8 Å². The third-order valence-corrected chi connectivity index (χ3v) is 4.18. The van der Waals surface area contributed by atoms with Crippen LogP contribution in [0.5, 0.6) is 0 Å². The Balaban J connectivity index is 2.16. The number of ether oxygens (including phenoxy) is 1. The molecule has 0 spiro atoms. The van der Waals surface area contributed by atoms with Gasteiger partial charge in [-0.2, -0.15) is 0 Å². The molecule has 1 unspecified atom stereocenters. The Morgan fingerprint density at radius 1 is 1.61 bits per heavy atom. The van der Waals surface area contributed by atoms with Crippen molar-refractivity contribution in [1.82, 2.24) is 5.32 Å². The number of nitrogens with two attached hydrogens (primary N) is 1. The fraction of sp³-hybridized carbons (Fsp3) is 0.583. The fourth-order valence-corrected chi connectivity index (χ4v) is 2.99. The number of carbonyl (C=O) groups is 1. The highest BCUT2D eigenvalue weighted by Crippen LogP contribution is 2.21. The number of carbonyl (C=O) groups excluding carboxylic acids is 1. The quantitative estimate of drug-likeness (QED) is 0.714. The van der Waals surface area contributed by atoms with Crippen molar-refractivity contribution in [1.29, 1.82) is 0 Å². The molecule has 102 valence electrons. The Kier molecular flexibility index (Phi) is 7.50. The Bertz CT molecular complexity index is 371. The van der Waals surface area contributed by atoms with E-state index in [-0.39, 0.29) is 5.91 Å². The monoisotopic (exact) mass is 334 g/mol. The highest BCUT2D eigenvalue weighted by Gasteiger charge is 2.12. The summed E-state index contributed by atoms with van der Waals surface area (Å²) in [6.45, 7) is 1.27. The van der Waals surface area contributed by atoms with Crippen molar-refractivity contribution < 1.29 is 9.53 Å². The SMILES string of the molecule is COCCCC(N)C(=O)NCCc1ccc(Br)s1. The summed E-state index contributed by atoms with van der Waals surface area (Å²) in [6.07, 6.45) is 2.31. The minimum absolute atomic E-state index is 0.0817. The zero-order chi connectivity index (χ0) is 13.4. The number of thiophene rings is 1. The molecular weight excluding hydrogens is 316 g/mol. The molecular formula is C12H19BrN2O2S. The minimum Gasteiger partial charge on any atom is -0.385 e. The van der Waals surface area contributed by atoms with Crippen LogP contribution in [0.15, 0.2) is 15.9 Å². The molecule has 0 radical (unpaired) electrons. The Labute approximate surface area is 120 Å². The van der Waals surface area contributed by atoms with Gasteiger partial charge in [-0.05, 0) is 47.3 Å². The van der Waals surface area contributed by atoms with Crippen molar-refractivity contribution in [2.24, 2.45) is 5.73 Å². The van der Waals surface area contributed by atoms with Crippen LogP contribution in [-0.4, -0.2) is 32.2 Å². The molecule has 0 saturated carbocycles. The molecule has 0 aliphatic rings. The molecule has 0 saturated heterocycles. The number of methoxy groups -OCH3 is 1. The van der Waals surface area contributed by atoms with E-state index >= 15 is 0 Å². The van der Waals surface area contributed by atoms with Gasteiger partial charge in [-0.15, -0.1) is 11.3 Å². The zero-order valence-corrected chi connectivity index (χ0v) is 12.9. The normalized spacial score (nSPS) is 12.4. The van der Waals surface area contributed by atoms with Crippen LogP contribution in [0.25, 0.3) is 0 Å². The van der Waals surface area contributed by atoms with Gasteiger partial charge in [0.1, 0.15) is 0 Å². The van der Waals surface area contributed by atoms with E-state index in [9.17, 15) is 4.79 Å². The van der Waals surface area contributed by atoms with Gasteiger partial charge in [0.15, 0.2) is 0 Å². The summed E-state index contributed by atoms with van der Waals surface area (Å²) in [5, 5.41) is 2.85. The topological polar surface area (TPSA) is 64.3 Å². The first-order valence-corrected chi connectivity index (χ1v) is 7.51. The summed E-state index contributed by atoms with van der Waals surface area (Å²) in [7, 11) is 1.64. The molecule has 0 aromatic carbocycles. The highest BCUT2D eigenvalue weighted by molar-refractivity contribution is 9.11. The van der Waals surface area contributed by atoms with Crippen LogP contribution in [0, 0.1) is 0 Å². The molecule has 18 heavy (non-hydrogen) atoms. The van der Waals surface area contributed by atoms with Gasteiger partial charge in [0.2, 0.25) is 5.91 Å². The summed E-state index contributed by atoms with van der Waals surface area (Å²) in [4.78, 5) is 12.9. The van der Waals surface area contributed by atoms with E-state index in [2.05, 4.69) is 27.3 Å². The highest BCUT2D eigenvalue weighted by atomic mass is 79.9. The second-order valence-corrected chi connectivity index (χ2v) is 6.54. The second-order valence-electron chi connectivity index (χ2n) is 3.99. The Morgan fingerprint density at radius 3 is 3.00 bits per heavy atom. The van der Waals surface area contributed by atoms with E-state index in [1.54, 1.807) is 18.4 Å². The lowest BCUT2D eigenvalue weighted by atomic mass is 10.1. The Morgan fingerprint density at radius 2 is 2.39 bits per heavy atom. The summed E-state index contributed by atoms with van der Waals surface area (Å²) >= 11 is 5.09. The minimum atomic E-state index is -0.435. The molecule has 4 nitrogen and oxygen atoms in total. The molecule has 0 fully saturated rings. The van der Waals surface area contributed by atoms with Gasteiger partial charge in [0, 0.05) is 25.1 Å². The maximum atomic E-state index is 11.6. The zero-order valence-electron chi connectivity index (χ0n) is 10.4. The first-order chi connectivity index (χ1) is 8.63. The summed E-state index contributed by atoms with van der Waals surface area (Å²) in [6, 6.07) is 3.63.